The van der Waals surface area contributed by atoms with Gasteiger partial charge in [0.25, 0.3) is 0 Å². The number of aliphatic carboxylic acids is 1. The van der Waals surface area contributed by atoms with Crippen molar-refractivity contribution in [2.45, 2.75) is 32.1 Å². The van der Waals surface area contributed by atoms with Crippen molar-refractivity contribution in [2.24, 2.45) is 5.92 Å². The molecule has 0 aromatic heterocycles. The number of hydrogen-bond acceptors (Lipinski definition) is 3. The molecule has 2 rings (SSSR count). The topological polar surface area (TPSA) is 83.5 Å². The van der Waals surface area contributed by atoms with Crippen LogP contribution < -0.4 is 4.72 Å². The molecule has 1 aromatic carbocycles. The predicted octanol–water partition coefficient (Wildman–Crippen LogP) is 2.20. The number of nitrogens with one attached hydrogen (secondary N) is 1. The summed E-state index contributed by atoms with van der Waals surface area (Å²) in [6.45, 7) is 3.68. The first-order valence-electron chi connectivity index (χ1n) is 6.60. The maximum Gasteiger partial charge on any atom is 0.314 e. The minimum Gasteiger partial charge on any atom is -0.481 e. The maximum atomic E-state index is 11.8. The van der Waals surface area contributed by atoms with E-state index >= 15 is 0 Å². The van der Waals surface area contributed by atoms with Crippen LogP contribution in [-0.2, 0) is 20.2 Å². The lowest BCUT2D eigenvalue weighted by Gasteiger charge is -2.13. The first kappa shape index (κ1) is 14.8. The number of sulfonamides is 1. The number of rotatable bonds is 6. The Morgan fingerprint density at radius 3 is 2.25 bits per heavy atom. The zero-order chi connectivity index (χ0) is 15.0. The Kier molecular flexibility index (Phi) is 3.77. The second-order valence-electron chi connectivity index (χ2n) is 5.74. The molecule has 6 heteroatoms. The summed E-state index contributed by atoms with van der Waals surface area (Å²) in [4.78, 5) is 11.2. The molecule has 110 valence electrons. The lowest BCUT2D eigenvalue weighted by molar-refractivity contribution is -0.140. The number of benzene rings is 1. The van der Waals surface area contributed by atoms with E-state index in [2.05, 4.69) is 4.72 Å². The van der Waals surface area contributed by atoms with Crippen molar-refractivity contribution in [3.05, 3.63) is 29.8 Å². The molecule has 1 aromatic rings. The molecule has 0 spiro atoms. The third-order valence-electron chi connectivity index (χ3n) is 3.42. The van der Waals surface area contributed by atoms with Gasteiger partial charge in [0.2, 0.25) is 10.0 Å². The van der Waals surface area contributed by atoms with Gasteiger partial charge in [0.15, 0.2) is 0 Å². The van der Waals surface area contributed by atoms with Gasteiger partial charge in [-0.25, -0.2) is 8.42 Å². The van der Waals surface area contributed by atoms with Crippen molar-refractivity contribution in [2.75, 3.05) is 10.5 Å². The van der Waals surface area contributed by atoms with Crippen LogP contribution in [0.1, 0.15) is 32.3 Å². The molecule has 5 nitrogen and oxygen atoms in total. The molecule has 0 bridgehead atoms. The summed E-state index contributed by atoms with van der Waals surface area (Å²) in [5.74, 6) is -0.701. The van der Waals surface area contributed by atoms with E-state index in [1.165, 1.54) is 0 Å². The van der Waals surface area contributed by atoms with Crippen LogP contribution in [0, 0.1) is 5.92 Å². The number of carboxylic acid groups (broad SMARTS) is 1. The first-order chi connectivity index (χ1) is 9.25. The number of hydrogen-bond donors (Lipinski definition) is 2. The van der Waals surface area contributed by atoms with E-state index in [0.717, 1.165) is 5.56 Å². The molecule has 2 N–H and O–H groups in total. The highest BCUT2D eigenvalue weighted by molar-refractivity contribution is 7.92. The minimum atomic E-state index is -3.35. The second kappa shape index (κ2) is 5.09. The highest BCUT2D eigenvalue weighted by atomic mass is 32.2. The molecular formula is C14H19NO4S. The van der Waals surface area contributed by atoms with E-state index in [0.29, 0.717) is 18.5 Å². The van der Waals surface area contributed by atoms with Crippen molar-refractivity contribution >= 4 is 21.7 Å². The highest BCUT2D eigenvalue weighted by Gasteiger charge is 2.51. The van der Waals surface area contributed by atoms with E-state index < -0.39 is 21.4 Å². The Morgan fingerprint density at radius 2 is 1.85 bits per heavy atom. The van der Waals surface area contributed by atoms with Crippen molar-refractivity contribution in [3.8, 4) is 0 Å². The quantitative estimate of drug-likeness (QED) is 0.843. The van der Waals surface area contributed by atoms with Crippen LogP contribution in [0.3, 0.4) is 0 Å². The fourth-order valence-corrected chi connectivity index (χ4v) is 3.72. The summed E-state index contributed by atoms with van der Waals surface area (Å²) in [6.07, 6.45) is 1.28. The molecule has 0 atom stereocenters. The fraction of sp³-hybridized carbons (Fsp3) is 0.500. The Morgan fingerprint density at radius 1 is 1.30 bits per heavy atom. The van der Waals surface area contributed by atoms with Crippen LogP contribution in [0.4, 0.5) is 5.69 Å². The van der Waals surface area contributed by atoms with E-state index in [4.69, 9.17) is 0 Å². The molecule has 0 radical (unpaired) electrons. The smallest absolute Gasteiger partial charge is 0.314 e. The molecule has 1 saturated carbocycles. The average Bonchev–Trinajstić information content (AvgIpc) is 3.08. The maximum absolute atomic E-state index is 11.8. The molecule has 0 amide bonds. The zero-order valence-corrected chi connectivity index (χ0v) is 12.4. The van der Waals surface area contributed by atoms with Gasteiger partial charge in [0.05, 0.1) is 11.2 Å². The standard InChI is InChI=1S/C14H19NO4S/c1-10(2)9-20(18,19)15-12-5-3-11(4-6-12)14(7-8-14)13(16)17/h3-6,10,15H,7-9H2,1-2H3,(H,16,17). The second-order valence-corrected chi connectivity index (χ2v) is 7.51. The monoisotopic (exact) mass is 297 g/mol. The summed E-state index contributed by atoms with van der Waals surface area (Å²) in [6, 6.07) is 6.62. The summed E-state index contributed by atoms with van der Waals surface area (Å²) in [5, 5.41) is 9.20. The van der Waals surface area contributed by atoms with Crippen molar-refractivity contribution < 1.29 is 18.3 Å². The van der Waals surface area contributed by atoms with Gasteiger partial charge >= 0.3 is 5.97 Å². The SMILES string of the molecule is CC(C)CS(=O)(=O)Nc1ccc(C2(C(=O)O)CC2)cc1. The minimum absolute atomic E-state index is 0.0496. The van der Waals surface area contributed by atoms with Crippen LogP contribution in [-0.4, -0.2) is 25.2 Å². The van der Waals surface area contributed by atoms with Gasteiger partial charge in [-0.3, -0.25) is 9.52 Å². The molecule has 1 fully saturated rings. The summed E-state index contributed by atoms with van der Waals surface area (Å²) < 4.78 is 26.1. The van der Waals surface area contributed by atoms with Gasteiger partial charge in [-0.15, -0.1) is 0 Å². The average molecular weight is 297 g/mol. The van der Waals surface area contributed by atoms with Crippen molar-refractivity contribution in [1.29, 1.82) is 0 Å². The van der Waals surface area contributed by atoms with E-state index in [1.807, 2.05) is 13.8 Å². The molecule has 0 heterocycles. The van der Waals surface area contributed by atoms with E-state index in [-0.39, 0.29) is 11.7 Å². The molecule has 0 aliphatic heterocycles. The Balaban J connectivity index is 2.12. The summed E-state index contributed by atoms with van der Waals surface area (Å²) in [7, 11) is -3.35. The zero-order valence-electron chi connectivity index (χ0n) is 11.6. The van der Waals surface area contributed by atoms with Crippen LogP contribution in [0.5, 0.6) is 0 Å². The number of carboxylic acids is 1. The third-order valence-corrected chi connectivity index (χ3v) is 5.08. The molecular weight excluding hydrogens is 278 g/mol. The lowest BCUT2D eigenvalue weighted by Crippen LogP contribution is -2.21. The molecule has 0 saturated heterocycles. The van der Waals surface area contributed by atoms with Crippen molar-refractivity contribution in [3.63, 3.8) is 0 Å². The van der Waals surface area contributed by atoms with Gasteiger partial charge in [-0.2, -0.15) is 0 Å². The number of anilines is 1. The Hall–Kier alpha value is -1.56. The molecule has 0 unspecified atom stereocenters. The van der Waals surface area contributed by atoms with Gasteiger partial charge in [0.1, 0.15) is 0 Å². The van der Waals surface area contributed by atoms with Gasteiger partial charge < -0.3 is 5.11 Å². The summed E-state index contributed by atoms with van der Waals surface area (Å²) in [5.41, 5.74) is 0.447. The van der Waals surface area contributed by atoms with Gasteiger partial charge in [-0.05, 0) is 36.5 Å². The van der Waals surface area contributed by atoms with Gasteiger partial charge in [0, 0.05) is 5.69 Å². The fourth-order valence-electron chi connectivity index (χ4n) is 2.27. The van der Waals surface area contributed by atoms with Gasteiger partial charge in [-0.1, -0.05) is 26.0 Å². The van der Waals surface area contributed by atoms with E-state index in [9.17, 15) is 18.3 Å². The third kappa shape index (κ3) is 3.12. The lowest BCUT2D eigenvalue weighted by atomic mass is 9.96. The highest BCUT2D eigenvalue weighted by Crippen LogP contribution is 2.48. The predicted molar refractivity (Wildman–Crippen MR) is 77.2 cm³/mol. The van der Waals surface area contributed by atoms with Crippen LogP contribution in [0.2, 0.25) is 0 Å². The van der Waals surface area contributed by atoms with Crippen LogP contribution in [0.15, 0.2) is 24.3 Å². The molecule has 1 aliphatic rings. The Bertz CT molecular complexity index is 601. The Labute approximate surface area is 119 Å². The van der Waals surface area contributed by atoms with Crippen LogP contribution in [0.25, 0.3) is 0 Å². The normalized spacial score (nSPS) is 16.9. The number of carbonyl (C=O) groups is 1. The van der Waals surface area contributed by atoms with Crippen molar-refractivity contribution in [1.82, 2.24) is 0 Å². The van der Waals surface area contributed by atoms with E-state index in [1.54, 1.807) is 24.3 Å². The first-order valence-corrected chi connectivity index (χ1v) is 8.25. The largest absolute Gasteiger partial charge is 0.481 e. The summed E-state index contributed by atoms with van der Waals surface area (Å²) >= 11 is 0. The molecule has 1 aliphatic carbocycles. The molecule has 20 heavy (non-hydrogen) atoms. The van der Waals surface area contributed by atoms with Crippen LogP contribution >= 0.6 is 0 Å².